The first-order valence-corrected chi connectivity index (χ1v) is 26.5. The van der Waals surface area contributed by atoms with Crippen LogP contribution >= 0.6 is 0 Å². The number of para-hydroxylation sites is 2. The Hall–Kier alpha value is -8.57. The molecule has 0 radical (unpaired) electrons. The molecule has 0 amide bonds. The van der Waals surface area contributed by atoms with Gasteiger partial charge in [0.25, 0.3) is 0 Å². The summed E-state index contributed by atoms with van der Waals surface area (Å²) in [6.07, 6.45) is 10.5. The molecule has 1 N–H and O–H groups in total. The van der Waals surface area contributed by atoms with Crippen LogP contribution in [-0.2, 0) is 12.8 Å². The van der Waals surface area contributed by atoms with Gasteiger partial charge in [-0.25, -0.2) is 0 Å². The molecular weight excluding hydrogens is 899 g/mol. The summed E-state index contributed by atoms with van der Waals surface area (Å²) in [4.78, 5) is 6.13. The minimum Gasteiger partial charge on any atom is -0.455 e. The number of hydrogen-bond donors (Lipinski definition) is 1. The van der Waals surface area contributed by atoms with Crippen molar-refractivity contribution >= 4 is 71.0 Å². The van der Waals surface area contributed by atoms with Gasteiger partial charge in [0.05, 0.1) is 16.7 Å². The maximum Gasteiger partial charge on any atom is 0.143 e. The van der Waals surface area contributed by atoms with Crippen LogP contribution < -0.4 is 5.32 Å². The molecule has 12 aromatic rings. The summed E-state index contributed by atoms with van der Waals surface area (Å²) in [6.45, 7) is 0. The highest BCUT2D eigenvalue weighted by Crippen LogP contribution is 2.51. The summed E-state index contributed by atoms with van der Waals surface area (Å²) < 4.78 is 9.52. The van der Waals surface area contributed by atoms with Gasteiger partial charge in [0.2, 0.25) is 0 Å². The van der Waals surface area contributed by atoms with Gasteiger partial charge in [0, 0.05) is 62.0 Å². The van der Waals surface area contributed by atoms with Gasteiger partial charge in [-0.1, -0.05) is 175 Å². The van der Waals surface area contributed by atoms with Crippen LogP contribution in [0.25, 0.3) is 82.1 Å². The van der Waals surface area contributed by atoms with Crippen LogP contribution in [0.4, 0.5) is 0 Å². The lowest BCUT2D eigenvalue weighted by atomic mass is 9.74. The molecule has 5 atom stereocenters. The third-order valence-corrected chi connectivity index (χ3v) is 17.2. The first kappa shape index (κ1) is 42.0. The molecule has 3 aliphatic carbocycles. The second kappa shape index (κ2) is 16.5. The summed E-state index contributed by atoms with van der Waals surface area (Å²) >= 11 is 0. The smallest absolute Gasteiger partial charge is 0.143 e. The quantitative estimate of drug-likeness (QED) is 0.191. The Balaban J connectivity index is 0.959. The molecule has 4 nitrogen and oxygen atoms in total. The van der Waals surface area contributed by atoms with Crippen LogP contribution in [0, 0.1) is 5.92 Å². The molecule has 1 aliphatic heterocycles. The van der Waals surface area contributed by atoms with Crippen LogP contribution in [0.15, 0.2) is 239 Å². The number of nitrogens with one attached hydrogen (secondary N) is 1. The molecule has 2 aromatic heterocycles. The average Bonchev–Trinajstić information content (AvgIpc) is 3.99. The number of aromatic nitrogens is 1. The van der Waals surface area contributed by atoms with E-state index in [9.17, 15) is 0 Å². The molecule has 4 aliphatic rings. The fraction of sp³-hybridized carbons (Fsp3) is 0.129. The highest BCUT2D eigenvalue weighted by atomic mass is 16.3. The third-order valence-electron chi connectivity index (χ3n) is 17.2. The summed E-state index contributed by atoms with van der Waals surface area (Å²) in [6, 6.07) is 77.0. The van der Waals surface area contributed by atoms with E-state index in [2.05, 4.69) is 234 Å². The monoisotopic (exact) mass is 949 g/mol. The van der Waals surface area contributed by atoms with E-state index in [1.807, 2.05) is 0 Å². The van der Waals surface area contributed by atoms with Crippen molar-refractivity contribution in [3.8, 4) is 16.8 Å². The van der Waals surface area contributed by atoms with Gasteiger partial charge >= 0.3 is 0 Å². The predicted octanol–water partition coefficient (Wildman–Crippen LogP) is 17.0. The van der Waals surface area contributed by atoms with Crippen molar-refractivity contribution in [2.75, 3.05) is 0 Å². The number of benzene rings is 10. The lowest BCUT2D eigenvalue weighted by Gasteiger charge is -2.40. The van der Waals surface area contributed by atoms with E-state index >= 15 is 0 Å². The second-order valence-corrected chi connectivity index (χ2v) is 21.2. The molecule has 0 spiro atoms. The number of rotatable bonds is 4. The Labute approximate surface area is 429 Å². The summed E-state index contributed by atoms with van der Waals surface area (Å²) in [7, 11) is 0. The summed E-state index contributed by atoms with van der Waals surface area (Å²) in [5.74, 6) is 0.397. The minimum atomic E-state index is -0.310. The van der Waals surface area contributed by atoms with E-state index < -0.39 is 0 Å². The predicted molar refractivity (Wildman–Crippen MR) is 306 cm³/mol. The highest BCUT2D eigenvalue weighted by Gasteiger charge is 2.41. The maximum atomic E-state index is 7.11. The minimum absolute atomic E-state index is 0.00159. The molecule has 74 heavy (non-hydrogen) atoms. The number of hydrogen-bond acceptors (Lipinski definition) is 3. The normalized spacial score (nSPS) is 20.1. The zero-order chi connectivity index (χ0) is 48.4. The largest absolute Gasteiger partial charge is 0.455 e. The first-order valence-electron chi connectivity index (χ1n) is 26.5. The van der Waals surface area contributed by atoms with E-state index in [1.165, 1.54) is 110 Å². The Bertz CT molecular complexity index is 4380. The Kier molecular flexibility index (Phi) is 9.35. The molecule has 3 heterocycles. The van der Waals surface area contributed by atoms with Gasteiger partial charge in [-0.3, -0.25) is 10.3 Å². The van der Waals surface area contributed by atoms with Crippen LogP contribution in [0.5, 0.6) is 0 Å². The molecule has 10 aromatic carbocycles. The molecule has 0 saturated carbocycles. The van der Waals surface area contributed by atoms with Crippen LogP contribution in [-0.4, -0.2) is 16.3 Å². The Morgan fingerprint density at radius 3 is 2.19 bits per heavy atom. The molecule has 4 unspecified atom stereocenters. The fourth-order valence-electron chi connectivity index (χ4n) is 13.8. The van der Waals surface area contributed by atoms with Crippen LogP contribution in [0.1, 0.15) is 69.8 Å². The van der Waals surface area contributed by atoms with Crippen molar-refractivity contribution in [3.63, 3.8) is 0 Å². The maximum absolute atomic E-state index is 7.11. The van der Waals surface area contributed by atoms with Crippen molar-refractivity contribution in [3.05, 3.63) is 269 Å². The second-order valence-electron chi connectivity index (χ2n) is 21.2. The summed E-state index contributed by atoms with van der Waals surface area (Å²) in [5, 5.41) is 14.1. The fourth-order valence-corrected chi connectivity index (χ4v) is 13.8. The van der Waals surface area contributed by atoms with E-state index in [-0.39, 0.29) is 30.0 Å². The van der Waals surface area contributed by atoms with Crippen LogP contribution in [0.3, 0.4) is 0 Å². The molecule has 352 valence electrons. The number of furan rings is 1. The average molecular weight is 950 g/mol. The summed E-state index contributed by atoms with van der Waals surface area (Å²) in [5.41, 5.74) is 20.0. The highest BCUT2D eigenvalue weighted by molar-refractivity contribution is 6.19. The van der Waals surface area contributed by atoms with Gasteiger partial charge in [-0.2, -0.15) is 0 Å². The van der Waals surface area contributed by atoms with E-state index in [4.69, 9.17) is 9.41 Å². The topological polar surface area (TPSA) is 42.5 Å². The zero-order valence-electron chi connectivity index (χ0n) is 40.9. The number of nitrogens with zero attached hydrogens (tertiary/aromatic N) is 2. The molecular formula is C70H51N3O. The van der Waals surface area contributed by atoms with E-state index in [1.54, 1.807) is 0 Å². The molecule has 4 heteroatoms. The number of allylic oxidation sites excluding steroid dienone is 3. The first-order chi connectivity index (χ1) is 36.7. The van der Waals surface area contributed by atoms with E-state index in [0.717, 1.165) is 47.9 Å². The van der Waals surface area contributed by atoms with E-state index in [0.29, 0.717) is 0 Å². The SMILES string of the molecule is C1=CC(c2ccccc2)CC(C2NC(c3ccc4c(c3)c3ccccc3n4-c3ccccc3)N=C3c4ccc5oc6c7ccccc7ccc6c5c4C4CCc5cc6ccccc6cc5-c5ccc(cc54)C[C@@H]32)=C1. The lowest BCUT2D eigenvalue weighted by molar-refractivity contribution is 0.381. The standard InChI is InChI=1S/C70H51N3O/c1-3-14-43(15-4-1)45-19-13-20-49(39-45)67-61-37-42-26-30-53-58-40-47-18-8-7-17-46(47)38-48(58)28-31-55(59(53)36-42)65-56(33-35-64-66(65)57-32-27-44-16-9-10-23-52(44)69(57)74-64)68(61)72-70(71-67)50-29-34-63-60(41-50)54-24-11-12-25-62(54)73(63)51-21-5-2-6-22-51/h1-27,29-30,32-36,38,40-41,45,55,61,67,70-71H,28,31,37,39H2/t45?,55?,61-,67?,70?/m1/s1. The number of fused-ring (bicyclic) bond motifs is 17. The van der Waals surface area contributed by atoms with Gasteiger partial charge in [-0.15, -0.1) is 0 Å². The van der Waals surface area contributed by atoms with Crippen molar-refractivity contribution in [1.29, 1.82) is 0 Å². The Morgan fingerprint density at radius 1 is 0.554 bits per heavy atom. The van der Waals surface area contributed by atoms with Gasteiger partial charge in [-0.05, 0) is 141 Å². The van der Waals surface area contributed by atoms with Gasteiger partial charge in [0.15, 0.2) is 0 Å². The van der Waals surface area contributed by atoms with Gasteiger partial charge in [0.1, 0.15) is 17.3 Å². The molecule has 2 bridgehead atoms. The van der Waals surface area contributed by atoms with Crippen molar-refractivity contribution < 1.29 is 4.42 Å². The van der Waals surface area contributed by atoms with Crippen molar-refractivity contribution in [1.82, 2.24) is 9.88 Å². The third kappa shape index (κ3) is 6.47. The Morgan fingerprint density at radius 2 is 1.31 bits per heavy atom. The lowest BCUT2D eigenvalue weighted by Crippen LogP contribution is -2.49. The number of aryl methyl sites for hydroxylation is 1. The number of aliphatic imine (C=N–C) groups is 1. The molecule has 16 rings (SSSR count). The van der Waals surface area contributed by atoms with Crippen LogP contribution in [0.2, 0.25) is 0 Å². The van der Waals surface area contributed by atoms with Crippen molar-refractivity contribution in [2.24, 2.45) is 10.9 Å². The molecule has 0 fully saturated rings. The zero-order valence-corrected chi connectivity index (χ0v) is 40.9. The van der Waals surface area contributed by atoms with Crippen molar-refractivity contribution in [2.45, 2.75) is 49.7 Å². The van der Waals surface area contributed by atoms with Gasteiger partial charge < -0.3 is 8.98 Å². The molecule has 0 saturated heterocycles.